The molecule has 0 radical (unpaired) electrons. The van der Waals surface area contributed by atoms with Gasteiger partial charge in [0.25, 0.3) is 0 Å². The van der Waals surface area contributed by atoms with Gasteiger partial charge in [-0.1, -0.05) is 26.7 Å². The second-order valence-electron chi connectivity index (χ2n) is 6.74. The molecule has 1 amide bonds. The van der Waals surface area contributed by atoms with E-state index in [1.807, 2.05) is 11.9 Å². The molecule has 2 aliphatic rings. The number of nitrogens with zero attached hydrogens (tertiary/aromatic N) is 1. The zero-order chi connectivity index (χ0) is 13.2. The summed E-state index contributed by atoms with van der Waals surface area (Å²) in [5, 5.41) is 3.40. The van der Waals surface area contributed by atoms with Crippen LogP contribution >= 0.6 is 0 Å². The Labute approximate surface area is 111 Å². The fourth-order valence-electron chi connectivity index (χ4n) is 3.54. The Bertz CT molecular complexity index is 295. The molecule has 1 aliphatic carbocycles. The van der Waals surface area contributed by atoms with E-state index >= 15 is 0 Å². The maximum absolute atomic E-state index is 12.7. The highest BCUT2D eigenvalue weighted by Gasteiger charge is 2.39. The van der Waals surface area contributed by atoms with Gasteiger partial charge in [-0.2, -0.15) is 0 Å². The first-order chi connectivity index (χ1) is 8.52. The van der Waals surface area contributed by atoms with E-state index in [-0.39, 0.29) is 11.3 Å². The number of likely N-dealkylation sites (N-methyl/N-ethyl adjacent to an activating group) is 1. The van der Waals surface area contributed by atoms with Gasteiger partial charge >= 0.3 is 0 Å². The summed E-state index contributed by atoms with van der Waals surface area (Å²) in [6, 6.07) is 0.406. The standard InChI is InChI=1S/C15H28N2O/c1-15(2)9-5-4-8-13(15)14(18)17(3)12-7-6-10-16-11-12/h12-13,16H,4-11H2,1-3H3. The molecule has 1 N–H and O–H groups in total. The van der Waals surface area contributed by atoms with Crippen LogP contribution in [0.1, 0.15) is 52.4 Å². The number of nitrogens with one attached hydrogen (secondary N) is 1. The molecule has 1 saturated carbocycles. The van der Waals surface area contributed by atoms with Gasteiger partial charge in [0.15, 0.2) is 0 Å². The van der Waals surface area contributed by atoms with Gasteiger partial charge < -0.3 is 10.2 Å². The second kappa shape index (κ2) is 5.60. The average molecular weight is 252 g/mol. The summed E-state index contributed by atoms with van der Waals surface area (Å²) in [6.07, 6.45) is 7.12. The number of rotatable bonds is 2. The smallest absolute Gasteiger partial charge is 0.226 e. The molecule has 3 heteroatoms. The first-order valence-corrected chi connectivity index (χ1v) is 7.50. The van der Waals surface area contributed by atoms with Crippen molar-refractivity contribution in [3.05, 3.63) is 0 Å². The van der Waals surface area contributed by atoms with Crippen molar-refractivity contribution in [3.63, 3.8) is 0 Å². The summed E-state index contributed by atoms with van der Waals surface area (Å²) in [7, 11) is 2.00. The lowest BCUT2D eigenvalue weighted by Gasteiger charge is -2.42. The zero-order valence-electron chi connectivity index (χ0n) is 12.2. The minimum atomic E-state index is 0.186. The lowest BCUT2D eigenvalue weighted by Crippen LogP contribution is -2.51. The van der Waals surface area contributed by atoms with Crippen LogP contribution in [-0.4, -0.2) is 37.0 Å². The Morgan fingerprint density at radius 3 is 2.61 bits per heavy atom. The largest absolute Gasteiger partial charge is 0.341 e. The monoisotopic (exact) mass is 252 g/mol. The molecule has 0 aromatic heterocycles. The van der Waals surface area contributed by atoms with Crippen LogP contribution in [0.3, 0.4) is 0 Å². The zero-order valence-corrected chi connectivity index (χ0v) is 12.2. The van der Waals surface area contributed by atoms with Crippen molar-refractivity contribution in [1.29, 1.82) is 0 Å². The second-order valence-corrected chi connectivity index (χ2v) is 6.74. The van der Waals surface area contributed by atoms with Crippen LogP contribution in [0.2, 0.25) is 0 Å². The van der Waals surface area contributed by atoms with Gasteiger partial charge in [-0.15, -0.1) is 0 Å². The number of amides is 1. The summed E-state index contributed by atoms with van der Waals surface area (Å²) >= 11 is 0. The number of hydrogen-bond acceptors (Lipinski definition) is 2. The maximum Gasteiger partial charge on any atom is 0.226 e. The van der Waals surface area contributed by atoms with Crippen molar-refractivity contribution < 1.29 is 4.79 Å². The van der Waals surface area contributed by atoms with Crippen LogP contribution < -0.4 is 5.32 Å². The Morgan fingerprint density at radius 1 is 1.22 bits per heavy atom. The van der Waals surface area contributed by atoms with Crippen LogP contribution in [0.15, 0.2) is 0 Å². The molecule has 1 saturated heterocycles. The van der Waals surface area contributed by atoms with E-state index in [4.69, 9.17) is 0 Å². The quantitative estimate of drug-likeness (QED) is 0.818. The molecule has 0 aromatic carbocycles. The van der Waals surface area contributed by atoms with E-state index < -0.39 is 0 Å². The highest BCUT2D eigenvalue weighted by atomic mass is 16.2. The fourth-order valence-corrected chi connectivity index (χ4v) is 3.54. The van der Waals surface area contributed by atoms with E-state index in [1.54, 1.807) is 0 Å². The van der Waals surface area contributed by atoms with Crippen molar-refractivity contribution in [2.45, 2.75) is 58.4 Å². The Morgan fingerprint density at radius 2 is 2.00 bits per heavy atom. The van der Waals surface area contributed by atoms with E-state index in [9.17, 15) is 4.79 Å². The fraction of sp³-hybridized carbons (Fsp3) is 0.933. The maximum atomic E-state index is 12.7. The first-order valence-electron chi connectivity index (χ1n) is 7.50. The minimum Gasteiger partial charge on any atom is -0.341 e. The summed E-state index contributed by atoms with van der Waals surface area (Å²) in [6.45, 7) is 6.60. The number of carbonyl (C=O) groups excluding carboxylic acids is 1. The molecule has 104 valence electrons. The predicted molar refractivity (Wildman–Crippen MR) is 74.4 cm³/mol. The summed E-state index contributed by atoms with van der Waals surface area (Å²) in [5.74, 6) is 0.617. The lowest BCUT2D eigenvalue weighted by molar-refractivity contribution is -0.142. The highest BCUT2D eigenvalue weighted by molar-refractivity contribution is 5.79. The number of piperidine rings is 1. The molecule has 0 spiro atoms. The van der Waals surface area contributed by atoms with Crippen molar-refractivity contribution in [1.82, 2.24) is 10.2 Å². The topological polar surface area (TPSA) is 32.3 Å². The van der Waals surface area contributed by atoms with Gasteiger partial charge in [0.1, 0.15) is 0 Å². The molecule has 0 aromatic rings. The molecule has 1 aliphatic heterocycles. The van der Waals surface area contributed by atoms with Gasteiger partial charge in [-0.25, -0.2) is 0 Å². The SMILES string of the molecule is CN(C(=O)C1CCCCC1(C)C)C1CCCNC1. The van der Waals surface area contributed by atoms with Gasteiger partial charge in [0.2, 0.25) is 5.91 Å². The average Bonchev–Trinajstić information content (AvgIpc) is 2.37. The van der Waals surface area contributed by atoms with Gasteiger partial charge in [-0.3, -0.25) is 4.79 Å². The van der Waals surface area contributed by atoms with Crippen LogP contribution in [-0.2, 0) is 4.79 Å². The van der Waals surface area contributed by atoms with E-state index in [1.165, 1.54) is 25.7 Å². The number of hydrogen-bond donors (Lipinski definition) is 1. The summed E-state index contributed by atoms with van der Waals surface area (Å²) < 4.78 is 0. The van der Waals surface area contributed by atoms with Crippen LogP contribution in [0.4, 0.5) is 0 Å². The van der Waals surface area contributed by atoms with Crippen molar-refractivity contribution in [3.8, 4) is 0 Å². The normalized spacial score (nSPS) is 31.9. The Kier molecular flexibility index (Phi) is 4.31. The third kappa shape index (κ3) is 2.87. The van der Waals surface area contributed by atoms with Crippen LogP contribution in [0.5, 0.6) is 0 Å². The molecule has 18 heavy (non-hydrogen) atoms. The number of carbonyl (C=O) groups is 1. The molecule has 1 heterocycles. The third-order valence-corrected chi connectivity index (χ3v) is 4.97. The van der Waals surface area contributed by atoms with Crippen LogP contribution in [0, 0.1) is 11.3 Å². The first kappa shape index (κ1) is 13.9. The molecular formula is C15H28N2O. The molecule has 3 nitrogen and oxygen atoms in total. The van der Waals surface area contributed by atoms with Crippen LogP contribution in [0.25, 0.3) is 0 Å². The predicted octanol–water partition coefficient (Wildman–Crippen LogP) is 2.41. The molecule has 2 fully saturated rings. The molecule has 2 rings (SSSR count). The third-order valence-electron chi connectivity index (χ3n) is 4.97. The molecule has 2 unspecified atom stereocenters. The highest BCUT2D eigenvalue weighted by Crippen LogP contribution is 2.41. The Balaban J connectivity index is 2.00. The molecule has 2 atom stereocenters. The van der Waals surface area contributed by atoms with Crippen molar-refractivity contribution in [2.75, 3.05) is 20.1 Å². The Hall–Kier alpha value is -0.570. The van der Waals surface area contributed by atoms with Gasteiger partial charge in [0.05, 0.1) is 0 Å². The molecule has 0 bridgehead atoms. The van der Waals surface area contributed by atoms with Crippen molar-refractivity contribution >= 4 is 5.91 Å². The van der Waals surface area contributed by atoms with E-state index in [0.29, 0.717) is 11.9 Å². The van der Waals surface area contributed by atoms with E-state index in [0.717, 1.165) is 25.9 Å². The molecular weight excluding hydrogens is 224 g/mol. The van der Waals surface area contributed by atoms with E-state index in [2.05, 4.69) is 19.2 Å². The lowest BCUT2D eigenvalue weighted by atomic mass is 9.68. The van der Waals surface area contributed by atoms with Crippen molar-refractivity contribution in [2.24, 2.45) is 11.3 Å². The summed E-state index contributed by atoms with van der Waals surface area (Å²) in [5.41, 5.74) is 0.186. The van der Waals surface area contributed by atoms with Gasteiger partial charge in [-0.05, 0) is 37.6 Å². The van der Waals surface area contributed by atoms with Gasteiger partial charge in [0, 0.05) is 25.6 Å². The summed E-state index contributed by atoms with van der Waals surface area (Å²) in [4.78, 5) is 14.7. The minimum absolute atomic E-state index is 0.186.